The van der Waals surface area contributed by atoms with Crippen molar-refractivity contribution in [1.29, 1.82) is 0 Å². The van der Waals surface area contributed by atoms with Crippen molar-refractivity contribution in [1.82, 2.24) is 5.32 Å². The summed E-state index contributed by atoms with van der Waals surface area (Å²) < 4.78 is 5.22. The molecule has 0 radical (unpaired) electrons. The topological polar surface area (TPSA) is 55.4 Å². The second-order valence-corrected chi connectivity index (χ2v) is 5.52. The lowest BCUT2D eigenvalue weighted by Crippen LogP contribution is -2.17. The molecular weight excluding hydrogens is 302 g/mol. The predicted octanol–water partition coefficient (Wildman–Crippen LogP) is 4.18. The van der Waals surface area contributed by atoms with E-state index in [1.54, 1.807) is 25.3 Å². The number of hydrogen-bond acceptors (Lipinski definition) is 3. The van der Waals surface area contributed by atoms with Crippen LogP contribution in [0.5, 0.6) is 5.75 Å². The lowest BCUT2D eigenvalue weighted by molar-refractivity contribution is -0.129. The minimum atomic E-state index is -0.416. The second kappa shape index (κ2) is 12.1. The number of carbonyl (C=O) groups excluding carboxylic acids is 2. The van der Waals surface area contributed by atoms with E-state index >= 15 is 0 Å². The Labute approximate surface area is 144 Å². The van der Waals surface area contributed by atoms with E-state index in [9.17, 15) is 9.59 Å². The molecule has 0 aliphatic heterocycles. The Morgan fingerprint density at radius 3 is 2.50 bits per heavy atom. The Morgan fingerprint density at radius 2 is 1.83 bits per heavy atom. The van der Waals surface area contributed by atoms with Crippen LogP contribution in [-0.2, 0) is 9.59 Å². The van der Waals surface area contributed by atoms with E-state index in [0.717, 1.165) is 18.4 Å². The third kappa shape index (κ3) is 8.93. The van der Waals surface area contributed by atoms with Gasteiger partial charge in [0, 0.05) is 19.5 Å². The third-order valence-corrected chi connectivity index (χ3v) is 3.53. The standard InChI is InChI=1S/C20H27NO3/c1-3-4-5-7-10-17(13-15-19(22)21-2)14-16-20(23)24-18-11-8-6-9-12-18/h6,8-12,14,16H,3-5,7,13,15H2,1-2H3,(H,21,22)/b16-14+,17-10+. The van der Waals surface area contributed by atoms with E-state index in [0.29, 0.717) is 18.6 Å². The largest absolute Gasteiger partial charge is 0.423 e. The fourth-order valence-corrected chi connectivity index (χ4v) is 2.13. The molecule has 0 aromatic heterocycles. The molecule has 1 aromatic carbocycles. The molecule has 24 heavy (non-hydrogen) atoms. The van der Waals surface area contributed by atoms with Crippen molar-refractivity contribution in [3.63, 3.8) is 0 Å². The first-order valence-electron chi connectivity index (χ1n) is 8.50. The normalized spacial score (nSPS) is 11.5. The van der Waals surface area contributed by atoms with Crippen molar-refractivity contribution >= 4 is 11.9 Å². The van der Waals surface area contributed by atoms with Gasteiger partial charge in [-0.3, -0.25) is 4.79 Å². The van der Waals surface area contributed by atoms with Gasteiger partial charge in [-0.15, -0.1) is 0 Å². The first-order chi connectivity index (χ1) is 11.7. The van der Waals surface area contributed by atoms with Gasteiger partial charge < -0.3 is 10.1 Å². The smallest absolute Gasteiger partial charge is 0.336 e. The number of hydrogen-bond donors (Lipinski definition) is 1. The van der Waals surface area contributed by atoms with Crippen molar-refractivity contribution in [2.45, 2.75) is 45.4 Å². The average Bonchev–Trinajstić information content (AvgIpc) is 2.60. The molecule has 4 nitrogen and oxygen atoms in total. The average molecular weight is 329 g/mol. The molecule has 1 rings (SSSR count). The summed E-state index contributed by atoms with van der Waals surface area (Å²) in [5.41, 5.74) is 0.986. The van der Waals surface area contributed by atoms with Gasteiger partial charge in [0.1, 0.15) is 5.75 Å². The van der Waals surface area contributed by atoms with Gasteiger partial charge in [-0.25, -0.2) is 4.79 Å². The van der Waals surface area contributed by atoms with Gasteiger partial charge in [-0.2, -0.15) is 0 Å². The van der Waals surface area contributed by atoms with Crippen LogP contribution in [0.25, 0.3) is 0 Å². The number of rotatable bonds is 10. The number of ether oxygens (including phenoxy) is 1. The van der Waals surface area contributed by atoms with Gasteiger partial charge in [0.25, 0.3) is 0 Å². The van der Waals surface area contributed by atoms with Crippen LogP contribution in [0.2, 0.25) is 0 Å². The highest BCUT2D eigenvalue weighted by atomic mass is 16.5. The molecule has 0 spiro atoms. The third-order valence-electron chi connectivity index (χ3n) is 3.53. The van der Waals surface area contributed by atoms with Gasteiger partial charge in [0.2, 0.25) is 5.91 Å². The molecule has 0 heterocycles. The lowest BCUT2D eigenvalue weighted by atomic mass is 10.1. The van der Waals surface area contributed by atoms with Crippen LogP contribution in [0.1, 0.15) is 45.4 Å². The van der Waals surface area contributed by atoms with Crippen LogP contribution < -0.4 is 10.1 Å². The summed E-state index contributed by atoms with van der Waals surface area (Å²) in [4.78, 5) is 23.3. The summed E-state index contributed by atoms with van der Waals surface area (Å²) in [5.74, 6) is 0.0984. The van der Waals surface area contributed by atoms with Crippen molar-refractivity contribution in [2.75, 3.05) is 7.05 Å². The highest BCUT2D eigenvalue weighted by Gasteiger charge is 2.03. The van der Waals surface area contributed by atoms with Crippen LogP contribution in [0.3, 0.4) is 0 Å². The maximum Gasteiger partial charge on any atom is 0.336 e. The summed E-state index contributed by atoms with van der Waals surface area (Å²) in [7, 11) is 1.63. The summed E-state index contributed by atoms with van der Waals surface area (Å²) in [6.45, 7) is 2.16. The number of nitrogens with one attached hydrogen (secondary N) is 1. The Kier molecular flexibility index (Phi) is 9.93. The lowest BCUT2D eigenvalue weighted by Gasteiger charge is -2.04. The Bertz CT molecular complexity index is 562. The first kappa shape index (κ1) is 19.7. The molecule has 0 unspecified atom stereocenters. The number of para-hydroxylation sites is 1. The van der Waals surface area contributed by atoms with Crippen LogP contribution in [0, 0.1) is 0 Å². The van der Waals surface area contributed by atoms with Gasteiger partial charge >= 0.3 is 5.97 Å². The van der Waals surface area contributed by atoms with E-state index in [1.807, 2.05) is 18.2 Å². The SMILES string of the molecule is CCCCC/C=C(/C=C/C(=O)Oc1ccccc1)CCC(=O)NC. The minimum absolute atomic E-state index is 0.00489. The van der Waals surface area contributed by atoms with Crippen molar-refractivity contribution in [2.24, 2.45) is 0 Å². The molecule has 130 valence electrons. The van der Waals surface area contributed by atoms with E-state index in [4.69, 9.17) is 4.74 Å². The molecule has 1 amide bonds. The van der Waals surface area contributed by atoms with E-state index in [1.165, 1.54) is 18.9 Å². The minimum Gasteiger partial charge on any atom is -0.423 e. The molecule has 1 aromatic rings. The summed E-state index contributed by atoms with van der Waals surface area (Å²) in [6.07, 6.45) is 10.7. The zero-order chi connectivity index (χ0) is 17.6. The fraction of sp³-hybridized carbons (Fsp3) is 0.400. The van der Waals surface area contributed by atoms with Crippen molar-refractivity contribution in [3.8, 4) is 5.75 Å². The van der Waals surface area contributed by atoms with Crippen LogP contribution in [0.4, 0.5) is 0 Å². The molecule has 0 atom stereocenters. The highest BCUT2D eigenvalue weighted by molar-refractivity contribution is 5.84. The summed E-state index contributed by atoms with van der Waals surface area (Å²) in [6, 6.07) is 8.96. The van der Waals surface area contributed by atoms with Crippen LogP contribution in [-0.4, -0.2) is 18.9 Å². The molecule has 1 N–H and O–H groups in total. The number of esters is 1. The molecule has 0 saturated heterocycles. The Balaban J connectivity index is 2.60. The maximum absolute atomic E-state index is 11.9. The number of unbranched alkanes of at least 4 members (excludes halogenated alkanes) is 3. The molecule has 0 bridgehead atoms. The number of amides is 1. The highest BCUT2D eigenvalue weighted by Crippen LogP contribution is 2.12. The van der Waals surface area contributed by atoms with Crippen LogP contribution >= 0.6 is 0 Å². The van der Waals surface area contributed by atoms with E-state index in [-0.39, 0.29) is 5.91 Å². The maximum atomic E-state index is 11.9. The molecule has 0 aliphatic carbocycles. The van der Waals surface area contributed by atoms with E-state index < -0.39 is 5.97 Å². The first-order valence-corrected chi connectivity index (χ1v) is 8.50. The second-order valence-electron chi connectivity index (χ2n) is 5.52. The van der Waals surface area contributed by atoms with Gasteiger partial charge in [0.05, 0.1) is 0 Å². The Hall–Kier alpha value is -2.36. The molecule has 4 heteroatoms. The number of allylic oxidation sites excluding steroid dienone is 3. The van der Waals surface area contributed by atoms with Gasteiger partial charge in [-0.05, 0) is 31.4 Å². The zero-order valence-corrected chi connectivity index (χ0v) is 14.6. The summed E-state index contributed by atoms with van der Waals surface area (Å²) >= 11 is 0. The molecule has 0 fully saturated rings. The van der Waals surface area contributed by atoms with Crippen molar-refractivity contribution < 1.29 is 14.3 Å². The molecular formula is C20H27NO3. The quantitative estimate of drug-likeness (QED) is 0.230. The monoisotopic (exact) mass is 329 g/mol. The predicted molar refractivity (Wildman–Crippen MR) is 96.7 cm³/mol. The zero-order valence-electron chi connectivity index (χ0n) is 14.6. The Morgan fingerprint density at radius 1 is 1.08 bits per heavy atom. The summed E-state index contributed by atoms with van der Waals surface area (Å²) in [5, 5.41) is 2.61. The fourth-order valence-electron chi connectivity index (χ4n) is 2.13. The molecule has 0 aliphatic rings. The van der Waals surface area contributed by atoms with Crippen LogP contribution in [0.15, 0.2) is 54.1 Å². The van der Waals surface area contributed by atoms with Gasteiger partial charge in [-0.1, -0.05) is 55.7 Å². The number of carbonyl (C=O) groups is 2. The molecule has 0 saturated carbocycles. The van der Waals surface area contributed by atoms with Crippen molar-refractivity contribution in [3.05, 3.63) is 54.1 Å². The van der Waals surface area contributed by atoms with E-state index in [2.05, 4.69) is 18.3 Å². The van der Waals surface area contributed by atoms with Gasteiger partial charge in [0.15, 0.2) is 0 Å². The number of benzene rings is 1.